The van der Waals surface area contributed by atoms with Gasteiger partial charge in [0, 0.05) is 23.4 Å². The highest BCUT2D eigenvalue weighted by atomic mass is 79.9. The highest BCUT2D eigenvalue weighted by Crippen LogP contribution is 2.22. The molecule has 0 fully saturated rings. The van der Waals surface area contributed by atoms with Crippen molar-refractivity contribution in [1.82, 2.24) is 10.3 Å². The number of carbonyl (C=O) groups excluding carboxylic acids is 1. The fourth-order valence-electron chi connectivity index (χ4n) is 2.06. The van der Waals surface area contributed by atoms with Crippen LogP contribution < -0.4 is 5.32 Å². The van der Waals surface area contributed by atoms with E-state index in [2.05, 4.69) is 26.2 Å². The quantitative estimate of drug-likeness (QED) is 0.843. The molecule has 5 heteroatoms. The van der Waals surface area contributed by atoms with Crippen LogP contribution in [0, 0.1) is 6.92 Å². The number of nitrogens with one attached hydrogen (secondary N) is 1. The van der Waals surface area contributed by atoms with Crippen LogP contribution in [0.1, 0.15) is 22.7 Å². The van der Waals surface area contributed by atoms with E-state index in [1.165, 1.54) is 7.11 Å². The van der Waals surface area contributed by atoms with Gasteiger partial charge in [0.25, 0.3) is 0 Å². The van der Waals surface area contributed by atoms with Crippen LogP contribution in [0.3, 0.4) is 0 Å². The van der Waals surface area contributed by atoms with Crippen molar-refractivity contribution < 1.29 is 9.53 Å². The highest BCUT2D eigenvalue weighted by Gasteiger charge is 2.21. The zero-order chi connectivity index (χ0) is 15.2. The van der Waals surface area contributed by atoms with E-state index in [-0.39, 0.29) is 5.97 Å². The number of hydrogen-bond donors (Lipinski definition) is 1. The average molecular weight is 349 g/mol. The van der Waals surface area contributed by atoms with E-state index in [9.17, 15) is 4.79 Å². The standard InChI is InChI=1S/C16H17BrN2O2/c1-11-5-3-6-12(14(11)17)10-19-15(16(20)21-2)13-7-4-8-18-9-13/h3-9,15,19H,10H2,1-2H3. The van der Waals surface area contributed by atoms with Gasteiger partial charge < -0.3 is 4.74 Å². The van der Waals surface area contributed by atoms with Gasteiger partial charge >= 0.3 is 5.97 Å². The van der Waals surface area contributed by atoms with Gasteiger partial charge in [-0.2, -0.15) is 0 Å². The molecule has 21 heavy (non-hydrogen) atoms. The summed E-state index contributed by atoms with van der Waals surface area (Å²) in [5.41, 5.74) is 3.03. The smallest absolute Gasteiger partial charge is 0.327 e. The molecule has 1 aromatic heterocycles. The van der Waals surface area contributed by atoms with Crippen LogP contribution in [-0.2, 0) is 16.1 Å². The maximum Gasteiger partial charge on any atom is 0.327 e. The summed E-state index contributed by atoms with van der Waals surface area (Å²) in [7, 11) is 1.38. The lowest BCUT2D eigenvalue weighted by Crippen LogP contribution is -2.29. The second-order valence-corrected chi connectivity index (χ2v) is 5.46. The van der Waals surface area contributed by atoms with Crippen molar-refractivity contribution in [2.45, 2.75) is 19.5 Å². The SMILES string of the molecule is COC(=O)C(NCc1cccc(C)c1Br)c1cccnc1. The number of aromatic nitrogens is 1. The molecule has 1 heterocycles. The molecule has 110 valence electrons. The summed E-state index contributed by atoms with van der Waals surface area (Å²) in [5, 5.41) is 3.23. The summed E-state index contributed by atoms with van der Waals surface area (Å²) in [6.07, 6.45) is 3.34. The molecule has 1 N–H and O–H groups in total. The minimum atomic E-state index is -0.531. The average Bonchev–Trinajstić information content (AvgIpc) is 2.52. The van der Waals surface area contributed by atoms with Crippen molar-refractivity contribution in [3.8, 4) is 0 Å². The molecule has 0 aliphatic rings. The molecule has 0 radical (unpaired) electrons. The Balaban J connectivity index is 2.17. The van der Waals surface area contributed by atoms with Crippen molar-refractivity contribution in [2.24, 2.45) is 0 Å². The lowest BCUT2D eigenvalue weighted by Gasteiger charge is -2.17. The molecule has 2 rings (SSSR count). The summed E-state index contributed by atoms with van der Waals surface area (Å²) >= 11 is 3.57. The molecule has 0 aliphatic heterocycles. The summed E-state index contributed by atoms with van der Waals surface area (Å²) in [6.45, 7) is 2.59. The first-order valence-corrected chi connectivity index (χ1v) is 7.38. The molecule has 0 amide bonds. The number of rotatable bonds is 5. The minimum Gasteiger partial charge on any atom is -0.468 e. The monoisotopic (exact) mass is 348 g/mol. The number of carbonyl (C=O) groups is 1. The molecule has 0 saturated heterocycles. The number of ether oxygens (including phenoxy) is 1. The lowest BCUT2D eigenvalue weighted by molar-refractivity contribution is -0.143. The van der Waals surface area contributed by atoms with Crippen LogP contribution in [0.4, 0.5) is 0 Å². The topological polar surface area (TPSA) is 51.2 Å². The fraction of sp³-hybridized carbons (Fsp3) is 0.250. The van der Waals surface area contributed by atoms with Gasteiger partial charge in [-0.3, -0.25) is 10.3 Å². The Kier molecular flexibility index (Phi) is 5.47. The second kappa shape index (κ2) is 7.33. The molecule has 1 aromatic carbocycles. The van der Waals surface area contributed by atoms with E-state index < -0.39 is 6.04 Å². The Bertz CT molecular complexity index is 617. The van der Waals surface area contributed by atoms with E-state index in [1.54, 1.807) is 18.5 Å². The van der Waals surface area contributed by atoms with Crippen LogP contribution in [-0.4, -0.2) is 18.1 Å². The van der Waals surface area contributed by atoms with E-state index in [4.69, 9.17) is 4.74 Å². The van der Waals surface area contributed by atoms with Gasteiger partial charge in [0.15, 0.2) is 0 Å². The predicted molar refractivity (Wildman–Crippen MR) is 84.7 cm³/mol. The Morgan fingerprint density at radius 2 is 2.19 bits per heavy atom. The molecule has 1 unspecified atom stereocenters. The molecule has 1 atom stereocenters. The molecule has 0 bridgehead atoms. The van der Waals surface area contributed by atoms with Crippen LogP contribution >= 0.6 is 15.9 Å². The van der Waals surface area contributed by atoms with E-state index >= 15 is 0 Å². The Hall–Kier alpha value is -1.72. The summed E-state index contributed by atoms with van der Waals surface area (Å²) in [6, 6.07) is 9.17. The van der Waals surface area contributed by atoms with E-state index in [1.807, 2.05) is 31.2 Å². The number of benzene rings is 1. The summed E-state index contributed by atoms with van der Waals surface area (Å²) in [4.78, 5) is 16.0. The lowest BCUT2D eigenvalue weighted by atomic mass is 10.1. The number of aryl methyl sites for hydroxylation is 1. The van der Waals surface area contributed by atoms with Crippen molar-refractivity contribution >= 4 is 21.9 Å². The molecule has 0 aliphatic carbocycles. The van der Waals surface area contributed by atoms with Crippen molar-refractivity contribution in [3.05, 3.63) is 63.9 Å². The first kappa shape index (κ1) is 15.7. The number of pyridine rings is 1. The number of methoxy groups -OCH3 is 1. The third-order valence-corrected chi connectivity index (χ3v) is 4.36. The van der Waals surface area contributed by atoms with Gasteiger partial charge in [-0.05, 0) is 29.7 Å². The molecular weight excluding hydrogens is 332 g/mol. The van der Waals surface area contributed by atoms with E-state index in [0.717, 1.165) is 21.2 Å². The third kappa shape index (κ3) is 3.89. The maximum atomic E-state index is 12.0. The fourth-order valence-corrected chi connectivity index (χ4v) is 2.46. The summed E-state index contributed by atoms with van der Waals surface area (Å²) in [5.74, 6) is -0.327. The van der Waals surface area contributed by atoms with Crippen LogP contribution in [0.25, 0.3) is 0 Å². The number of hydrogen-bond acceptors (Lipinski definition) is 4. The van der Waals surface area contributed by atoms with Crippen LogP contribution in [0.5, 0.6) is 0 Å². The zero-order valence-corrected chi connectivity index (χ0v) is 13.6. The Labute approximate surface area is 132 Å². The van der Waals surface area contributed by atoms with Gasteiger partial charge in [0.05, 0.1) is 7.11 Å². The molecule has 0 spiro atoms. The van der Waals surface area contributed by atoms with Gasteiger partial charge in [-0.25, -0.2) is 4.79 Å². The Morgan fingerprint density at radius 1 is 1.38 bits per heavy atom. The largest absolute Gasteiger partial charge is 0.468 e. The van der Waals surface area contributed by atoms with E-state index in [0.29, 0.717) is 6.54 Å². The van der Waals surface area contributed by atoms with Crippen molar-refractivity contribution in [2.75, 3.05) is 7.11 Å². The minimum absolute atomic E-state index is 0.327. The molecule has 0 saturated carbocycles. The number of halogens is 1. The normalized spacial score (nSPS) is 12.0. The van der Waals surface area contributed by atoms with Gasteiger partial charge in [0.1, 0.15) is 6.04 Å². The second-order valence-electron chi connectivity index (χ2n) is 4.67. The van der Waals surface area contributed by atoms with Gasteiger partial charge in [-0.15, -0.1) is 0 Å². The highest BCUT2D eigenvalue weighted by molar-refractivity contribution is 9.10. The van der Waals surface area contributed by atoms with Crippen LogP contribution in [0.2, 0.25) is 0 Å². The van der Waals surface area contributed by atoms with Crippen molar-refractivity contribution in [3.63, 3.8) is 0 Å². The van der Waals surface area contributed by atoms with Gasteiger partial charge in [0.2, 0.25) is 0 Å². The predicted octanol–water partition coefficient (Wildman–Crippen LogP) is 3.16. The number of nitrogens with zero attached hydrogens (tertiary/aromatic N) is 1. The molecule has 4 nitrogen and oxygen atoms in total. The third-order valence-electron chi connectivity index (χ3n) is 3.22. The molecular formula is C16H17BrN2O2. The number of esters is 1. The first-order valence-electron chi connectivity index (χ1n) is 6.58. The Morgan fingerprint density at radius 3 is 2.86 bits per heavy atom. The maximum absolute atomic E-state index is 12.0. The zero-order valence-electron chi connectivity index (χ0n) is 12.0. The first-order chi connectivity index (χ1) is 10.1. The van der Waals surface area contributed by atoms with Gasteiger partial charge in [-0.1, -0.05) is 40.2 Å². The van der Waals surface area contributed by atoms with Crippen LogP contribution in [0.15, 0.2) is 47.2 Å². The van der Waals surface area contributed by atoms with Crippen molar-refractivity contribution in [1.29, 1.82) is 0 Å². The summed E-state index contributed by atoms with van der Waals surface area (Å²) < 4.78 is 5.92. The molecule has 2 aromatic rings.